The number of nitrogens with zero attached hydrogens (tertiary/aromatic N) is 3. The minimum Gasteiger partial charge on any atom is -0.448 e. The monoisotopic (exact) mass is 463 g/mol. The first kappa shape index (κ1) is 23.2. The van der Waals surface area contributed by atoms with Gasteiger partial charge in [-0.3, -0.25) is 4.79 Å². The number of fused-ring (bicyclic) bond motifs is 4. The zero-order valence-corrected chi connectivity index (χ0v) is 20.4. The van der Waals surface area contributed by atoms with Gasteiger partial charge in [0.05, 0.1) is 0 Å². The van der Waals surface area contributed by atoms with Crippen LogP contribution in [0.25, 0.3) is 0 Å². The molecule has 1 spiro atoms. The first-order valence-corrected chi connectivity index (χ1v) is 13.0. The van der Waals surface area contributed by atoms with Crippen molar-refractivity contribution in [3.05, 3.63) is 29.8 Å². The Bertz CT molecular complexity index is 946. The molecule has 2 amide bonds. The highest BCUT2D eigenvalue weighted by Crippen LogP contribution is 2.47. The highest BCUT2D eigenvalue weighted by molar-refractivity contribution is 5.94. The van der Waals surface area contributed by atoms with Crippen LogP contribution in [0.5, 0.6) is 0 Å². The molecular formula is C28H37N3O3. The van der Waals surface area contributed by atoms with Crippen LogP contribution in [-0.2, 0) is 14.9 Å². The number of carbonyl (C=O) groups is 2. The van der Waals surface area contributed by atoms with Gasteiger partial charge in [0.25, 0.3) is 0 Å². The largest absolute Gasteiger partial charge is 0.448 e. The summed E-state index contributed by atoms with van der Waals surface area (Å²) in [5, 5.41) is 0. The van der Waals surface area contributed by atoms with E-state index in [0.717, 1.165) is 76.7 Å². The van der Waals surface area contributed by atoms with Gasteiger partial charge in [-0.05, 0) is 76.1 Å². The Balaban J connectivity index is 1.21. The minimum atomic E-state index is -0.170. The average Bonchev–Trinajstić information content (AvgIpc) is 3.41. The molecule has 2 bridgehead atoms. The van der Waals surface area contributed by atoms with Crippen LogP contribution >= 0.6 is 0 Å². The summed E-state index contributed by atoms with van der Waals surface area (Å²) in [5.74, 6) is 2.68. The Morgan fingerprint density at radius 3 is 2.26 bits per heavy atom. The quantitative estimate of drug-likeness (QED) is 0.495. The molecular weight excluding hydrogens is 426 g/mol. The van der Waals surface area contributed by atoms with E-state index in [1.54, 1.807) is 6.92 Å². The van der Waals surface area contributed by atoms with E-state index in [9.17, 15) is 9.59 Å². The summed E-state index contributed by atoms with van der Waals surface area (Å²) in [6, 6.07) is 9.68. The molecule has 5 rings (SSSR count). The zero-order valence-electron chi connectivity index (χ0n) is 20.4. The molecule has 182 valence electrons. The molecule has 0 aliphatic carbocycles. The molecule has 0 N–H and O–H groups in total. The normalized spacial score (nSPS) is 28.2. The predicted molar refractivity (Wildman–Crippen MR) is 133 cm³/mol. The Labute approximate surface area is 203 Å². The lowest BCUT2D eigenvalue weighted by atomic mass is 9.74. The van der Waals surface area contributed by atoms with Crippen molar-refractivity contribution in [3.8, 4) is 12.3 Å². The van der Waals surface area contributed by atoms with Crippen molar-refractivity contribution in [1.29, 1.82) is 0 Å². The summed E-state index contributed by atoms with van der Waals surface area (Å²) in [7, 11) is 0. The van der Waals surface area contributed by atoms with E-state index >= 15 is 0 Å². The van der Waals surface area contributed by atoms with Crippen LogP contribution in [0.1, 0.15) is 70.3 Å². The van der Waals surface area contributed by atoms with E-state index in [-0.39, 0.29) is 17.4 Å². The molecule has 4 aliphatic heterocycles. The van der Waals surface area contributed by atoms with Crippen LogP contribution < -0.4 is 4.90 Å². The van der Waals surface area contributed by atoms with E-state index in [4.69, 9.17) is 11.2 Å². The number of anilines is 1. The Hall–Kier alpha value is -2.52. The van der Waals surface area contributed by atoms with E-state index in [0.29, 0.717) is 31.2 Å². The molecule has 6 heteroatoms. The number of benzene rings is 1. The number of para-hydroxylation sites is 1. The SMILES string of the molecule is C#CCCOC(=O)N1C2CCC(N3CCC4(CC3)CN(C(C)=O)c3ccccc34)CCC1CC2. The number of hydrogen-bond donors (Lipinski definition) is 0. The molecule has 2 unspecified atom stereocenters. The molecule has 1 aromatic rings. The Morgan fingerprint density at radius 2 is 1.65 bits per heavy atom. The zero-order chi connectivity index (χ0) is 23.7. The van der Waals surface area contributed by atoms with Crippen molar-refractivity contribution in [2.45, 2.75) is 88.3 Å². The highest BCUT2D eigenvalue weighted by atomic mass is 16.6. The summed E-state index contributed by atoms with van der Waals surface area (Å²) in [6.07, 6.45) is 14.3. The summed E-state index contributed by atoms with van der Waals surface area (Å²) in [5.41, 5.74) is 2.57. The van der Waals surface area contributed by atoms with Gasteiger partial charge in [-0.2, -0.15) is 0 Å². The highest BCUT2D eigenvalue weighted by Gasteiger charge is 2.47. The molecule has 4 heterocycles. The Kier molecular flexibility index (Phi) is 6.57. The van der Waals surface area contributed by atoms with Crippen LogP contribution in [0.4, 0.5) is 10.5 Å². The Morgan fingerprint density at radius 1 is 1.03 bits per heavy atom. The van der Waals surface area contributed by atoms with E-state index in [1.807, 2.05) is 15.9 Å². The second kappa shape index (κ2) is 9.62. The molecule has 0 saturated carbocycles. The number of terminal acetylenes is 1. The van der Waals surface area contributed by atoms with Crippen molar-refractivity contribution < 1.29 is 14.3 Å². The van der Waals surface area contributed by atoms with Gasteiger partial charge in [0.2, 0.25) is 5.91 Å². The molecule has 1 aromatic carbocycles. The first-order chi connectivity index (χ1) is 16.5. The summed E-state index contributed by atoms with van der Waals surface area (Å²) >= 11 is 0. The second-order valence-electron chi connectivity index (χ2n) is 10.6. The minimum absolute atomic E-state index is 0.0956. The molecule has 0 radical (unpaired) electrons. The lowest BCUT2D eigenvalue weighted by molar-refractivity contribution is -0.116. The van der Waals surface area contributed by atoms with Crippen LogP contribution in [0.2, 0.25) is 0 Å². The fraction of sp³-hybridized carbons (Fsp3) is 0.643. The molecule has 6 nitrogen and oxygen atoms in total. The summed E-state index contributed by atoms with van der Waals surface area (Å²) in [4.78, 5) is 31.7. The van der Waals surface area contributed by atoms with E-state index < -0.39 is 0 Å². The van der Waals surface area contributed by atoms with Gasteiger partial charge in [0.1, 0.15) is 6.61 Å². The summed E-state index contributed by atoms with van der Waals surface area (Å²) < 4.78 is 5.46. The van der Waals surface area contributed by atoms with Crippen LogP contribution in [-0.4, -0.2) is 66.2 Å². The van der Waals surface area contributed by atoms with Gasteiger partial charge in [-0.25, -0.2) is 4.79 Å². The van der Waals surface area contributed by atoms with Gasteiger partial charge in [0, 0.05) is 49.1 Å². The lowest BCUT2D eigenvalue weighted by Crippen LogP contribution is -2.50. The van der Waals surface area contributed by atoms with Gasteiger partial charge in [-0.1, -0.05) is 18.2 Å². The molecule has 0 aromatic heterocycles. The fourth-order valence-corrected chi connectivity index (χ4v) is 7.03. The van der Waals surface area contributed by atoms with Crippen LogP contribution in [0.3, 0.4) is 0 Å². The van der Waals surface area contributed by atoms with Gasteiger partial charge in [0.15, 0.2) is 0 Å². The topological polar surface area (TPSA) is 53.1 Å². The van der Waals surface area contributed by atoms with Crippen LogP contribution in [0, 0.1) is 12.3 Å². The van der Waals surface area contributed by atoms with Gasteiger partial charge < -0.3 is 19.4 Å². The average molecular weight is 464 g/mol. The predicted octanol–water partition coefficient (Wildman–Crippen LogP) is 4.32. The van der Waals surface area contributed by atoms with E-state index in [1.165, 1.54) is 5.56 Å². The number of amides is 2. The number of carbonyl (C=O) groups excluding carboxylic acids is 2. The second-order valence-corrected chi connectivity index (χ2v) is 10.6. The van der Waals surface area contributed by atoms with Crippen molar-refractivity contribution in [3.63, 3.8) is 0 Å². The number of piperidine rings is 1. The maximum absolute atomic E-state index is 12.7. The summed E-state index contributed by atoms with van der Waals surface area (Å²) in [6.45, 7) is 4.98. The maximum atomic E-state index is 12.7. The number of likely N-dealkylation sites (tertiary alicyclic amines) is 1. The molecule has 4 aliphatic rings. The molecule has 2 atom stereocenters. The van der Waals surface area contributed by atoms with Gasteiger partial charge >= 0.3 is 6.09 Å². The van der Waals surface area contributed by atoms with Crippen molar-refractivity contribution >= 4 is 17.7 Å². The third kappa shape index (κ3) is 4.20. The maximum Gasteiger partial charge on any atom is 0.410 e. The van der Waals surface area contributed by atoms with Crippen LogP contribution in [0.15, 0.2) is 24.3 Å². The third-order valence-electron chi connectivity index (χ3n) is 8.85. The van der Waals surface area contributed by atoms with Gasteiger partial charge in [-0.15, -0.1) is 12.3 Å². The molecule has 3 saturated heterocycles. The molecule has 3 fully saturated rings. The lowest BCUT2D eigenvalue weighted by Gasteiger charge is -2.44. The number of rotatable bonds is 3. The standard InChI is InChI=1S/C28H37N3O3/c1-3-4-19-34-27(33)31-23-11-9-22(10-12-24(31)14-13-23)29-17-15-28(16-18-29)20-30(21(2)32)26-8-6-5-7-25(26)28/h1,5-8,22-24H,4,9-20H2,2H3. The first-order valence-electron chi connectivity index (χ1n) is 13.0. The molecule has 34 heavy (non-hydrogen) atoms. The number of ether oxygens (including phenoxy) is 1. The number of hydrogen-bond acceptors (Lipinski definition) is 4. The van der Waals surface area contributed by atoms with E-state index in [2.05, 4.69) is 29.0 Å². The van der Waals surface area contributed by atoms with Crippen molar-refractivity contribution in [2.75, 3.05) is 31.1 Å². The van der Waals surface area contributed by atoms with Crippen molar-refractivity contribution in [2.24, 2.45) is 0 Å². The third-order valence-corrected chi connectivity index (χ3v) is 8.85. The van der Waals surface area contributed by atoms with Crippen molar-refractivity contribution in [1.82, 2.24) is 9.80 Å². The smallest absolute Gasteiger partial charge is 0.410 e. The fourth-order valence-electron chi connectivity index (χ4n) is 7.03.